The van der Waals surface area contributed by atoms with Crippen LogP contribution >= 0.6 is 0 Å². The predicted molar refractivity (Wildman–Crippen MR) is 87.8 cm³/mol. The molecule has 2 heterocycles. The molecule has 3 rings (SSSR count). The Morgan fingerprint density at radius 2 is 1.88 bits per heavy atom. The molecular formula is C17H13FN4O2. The first-order valence-corrected chi connectivity index (χ1v) is 7.18. The minimum Gasteiger partial charge on any atom is -0.359 e. The van der Waals surface area contributed by atoms with Gasteiger partial charge < -0.3 is 5.32 Å². The first-order valence-electron chi connectivity index (χ1n) is 7.18. The van der Waals surface area contributed by atoms with E-state index >= 15 is 0 Å². The van der Waals surface area contributed by atoms with Crippen LogP contribution < -0.4 is 5.32 Å². The molecule has 24 heavy (non-hydrogen) atoms. The second-order valence-electron chi connectivity index (χ2n) is 5.00. The van der Waals surface area contributed by atoms with Gasteiger partial charge in [0.15, 0.2) is 0 Å². The monoisotopic (exact) mass is 324 g/mol. The zero-order chi connectivity index (χ0) is 16.9. The normalized spacial score (nSPS) is 10.4. The average molecular weight is 324 g/mol. The van der Waals surface area contributed by atoms with Crippen LogP contribution in [0.2, 0.25) is 0 Å². The Hall–Kier alpha value is -3.35. The molecule has 1 aromatic carbocycles. The van der Waals surface area contributed by atoms with Gasteiger partial charge in [-0.25, -0.2) is 9.37 Å². The van der Waals surface area contributed by atoms with Crippen molar-refractivity contribution in [2.75, 3.05) is 5.32 Å². The van der Waals surface area contributed by atoms with Gasteiger partial charge in [-0.15, -0.1) is 0 Å². The van der Waals surface area contributed by atoms with Crippen molar-refractivity contribution in [3.8, 4) is 11.3 Å². The number of hydrogen-bond donors (Lipinski definition) is 1. The largest absolute Gasteiger partial charge is 0.359 e. The fourth-order valence-corrected chi connectivity index (χ4v) is 2.19. The number of rotatable bonds is 5. The fraction of sp³-hybridized carbons (Fsp3) is 0.0588. The van der Waals surface area contributed by atoms with Gasteiger partial charge in [-0.1, -0.05) is 6.07 Å². The second-order valence-corrected chi connectivity index (χ2v) is 5.00. The predicted octanol–water partition coefficient (Wildman–Crippen LogP) is 3.80. The number of benzene rings is 1. The zero-order valence-corrected chi connectivity index (χ0v) is 12.5. The molecule has 0 aliphatic carbocycles. The van der Waals surface area contributed by atoms with Crippen molar-refractivity contribution in [1.29, 1.82) is 0 Å². The van der Waals surface area contributed by atoms with Crippen LogP contribution in [0.4, 0.5) is 15.9 Å². The number of aromatic nitrogens is 2. The number of halogens is 1. The van der Waals surface area contributed by atoms with E-state index in [0.29, 0.717) is 17.8 Å². The second kappa shape index (κ2) is 6.82. The lowest BCUT2D eigenvalue weighted by Crippen LogP contribution is -2.06. The summed E-state index contributed by atoms with van der Waals surface area (Å²) in [6.07, 6.45) is 1.65. The Balaban J connectivity index is 1.91. The number of hydrogen-bond acceptors (Lipinski definition) is 5. The first kappa shape index (κ1) is 15.5. The van der Waals surface area contributed by atoms with Crippen molar-refractivity contribution < 1.29 is 9.31 Å². The van der Waals surface area contributed by atoms with Crippen molar-refractivity contribution >= 4 is 11.5 Å². The smallest absolute Gasteiger partial charge is 0.311 e. The number of pyridine rings is 2. The summed E-state index contributed by atoms with van der Waals surface area (Å²) in [7, 11) is 0. The van der Waals surface area contributed by atoms with Crippen molar-refractivity contribution in [2.45, 2.75) is 6.54 Å². The van der Waals surface area contributed by atoms with E-state index < -0.39 is 4.92 Å². The highest BCUT2D eigenvalue weighted by molar-refractivity contribution is 5.66. The van der Waals surface area contributed by atoms with Gasteiger partial charge in [-0.2, -0.15) is 0 Å². The lowest BCUT2D eigenvalue weighted by atomic mass is 10.1. The van der Waals surface area contributed by atoms with Gasteiger partial charge in [0.05, 0.1) is 22.9 Å². The summed E-state index contributed by atoms with van der Waals surface area (Å²) in [6, 6.07) is 14.1. The molecule has 120 valence electrons. The average Bonchev–Trinajstić information content (AvgIpc) is 2.61. The standard InChI is InChI=1S/C17H13FN4O2/c18-13-6-4-12(5-7-13)15-8-9-16(22(23)24)17(21-15)20-11-14-3-1-2-10-19-14/h1-10H,11H2,(H,20,21). The third-order valence-corrected chi connectivity index (χ3v) is 3.37. The molecule has 0 amide bonds. The zero-order valence-electron chi connectivity index (χ0n) is 12.5. The molecule has 0 radical (unpaired) electrons. The molecule has 6 nitrogen and oxygen atoms in total. The SMILES string of the molecule is O=[N+]([O-])c1ccc(-c2ccc(F)cc2)nc1NCc1ccccn1. The van der Waals surface area contributed by atoms with Crippen LogP contribution in [0.3, 0.4) is 0 Å². The van der Waals surface area contributed by atoms with Gasteiger partial charge in [0.1, 0.15) is 5.82 Å². The van der Waals surface area contributed by atoms with Gasteiger partial charge in [0, 0.05) is 17.8 Å². The van der Waals surface area contributed by atoms with E-state index in [2.05, 4.69) is 15.3 Å². The van der Waals surface area contributed by atoms with Gasteiger partial charge in [0.2, 0.25) is 5.82 Å². The molecule has 3 aromatic rings. The number of anilines is 1. The Bertz CT molecular complexity index is 854. The molecule has 0 fully saturated rings. The van der Waals surface area contributed by atoms with Gasteiger partial charge in [0.25, 0.3) is 0 Å². The Morgan fingerprint density at radius 1 is 1.08 bits per heavy atom. The Kier molecular flexibility index (Phi) is 4.42. The molecule has 0 saturated carbocycles. The van der Waals surface area contributed by atoms with Crippen molar-refractivity contribution in [3.63, 3.8) is 0 Å². The molecule has 1 N–H and O–H groups in total. The van der Waals surface area contributed by atoms with E-state index in [0.717, 1.165) is 5.69 Å². The van der Waals surface area contributed by atoms with Crippen LogP contribution in [-0.2, 0) is 6.54 Å². The minimum absolute atomic E-state index is 0.128. The summed E-state index contributed by atoms with van der Waals surface area (Å²) in [5, 5.41) is 14.1. The maximum absolute atomic E-state index is 13.0. The summed E-state index contributed by atoms with van der Waals surface area (Å²) in [4.78, 5) is 19.2. The summed E-state index contributed by atoms with van der Waals surface area (Å²) in [6.45, 7) is 0.307. The molecule has 0 spiro atoms. The maximum Gasteiger partial charge on any atom is 0.311 e. The highest BCUT2D eigenvalue weighted by atomic mass is 19.1. The molecule has 0 saturated heterocycles. The Labute approximate surface area is 137 Å². The van der Waals surface area contributed by atoms with E-state index in [-0.39, 0.29) is 17.3 Å². The quantitative estimate of drug-likeness (QED) is 0.570. The van der Waals surface area contributed by atoms with E-state index in [9.17, 15) is 14.5 Å². The molecule has 2 aromatic heterocycles. The molecular weight excluding hydrogens is 311 g/mol. The van der Waals surface area contributed by atoms with E-state index in [1.54, 1.807) is 24.4 Å². The van der Waals surface area contributed by atoms with Crippen LogP contribution in [0.15, 0.2) is 60.8 Å². The van der Waals surface area contributed by atoms with Crippen molar-refractivity contribution in [1.82, 2.24) is 9.97 Å². The van der Waals surface area contributed by atoms with Crippen LogP contribution in [0.25, 0.3) is 11.3 Å². The molecule has 0 aliphatic heterocycles. The minimum atomic E-state index is -0.498. The fourth-order valence-electron chi connectivity index (χ4n) is 2.19. The summed E-state index contributed by atoms with van der Waals surface area (Å²) < 4.78 is 13.0. The van der Waals surface area contributed by atoms with Crippen LogP contribution in [0.1, 0.15) is 5.69 Å². The van der Waals surface area contributed by atoms with Crippen molar-refractivity contribution in [2.24, 2.45) is 0 Å². The summed E-state index contributed by atoms with van der Waals surface area (Å²) >= 11 is 0. The van der Waals surface area contributed by atoms with E-state index in [4.69, 9.17) is 0 Å². The topological polar surface area (TPSA) is 81.0 Å². The van der Waals surface area contributed by atoms with E-state index in [1.807, 2.05) is 12.1 Å². The van der Waals surface area contributed by atoms with Gasteiger partial charge in [-0.05, 0) is 42.5 Å². The highest BCUT2D eigenvalue weighted by Gasteiger charge is 2.16. The van der Waals surface area contributed by atoms with Gasteiger partial charge >= 0.3 is 5.69 Å². The number of nitrogens with zero attached hydrogens (tertiary/aromatic N) is 3. The number of nitro groups is 1. The molecule has 0 bridgehead atoms. The van der Waals surface area contributed by atoms with Crippen LogP contribution in [0.5, 0.6) is 0 Å². The third kappa shape index (κ3) is 3.52. The lowest BCUT2D eigenvalue weighted by Gasteiger charge is -2.08. The summed E-state index contributed by atoms with van der Waals surface area (Å²) in [5.41, 5.74) is 1.80. The first-order chi connectivity index (χ1) is 11.6. The van der Waals surface area contributed by atoms with Crippen LogP contribution in [-0.4, -0.2) is 14.9 Å². The summed E-state index contributed by atoms with van der Waals surface area (Å²) in [5.74, 6) is -0.207. The van der Waals surface area contributed by atoms with Gasteiger partial charge in [-0.3, -0.25) is 15.1 Å². The third-order valence-electron chi connectivity index (χ3n) is 3.37. The molecule has 0 atom stereocenters. The Morgan fingerprint density at radius 3 is 2.54 bits per heavy atom. The highest BCUT2D eigenvalue weighted by Crippen LogP contribution is 2.27. The van der Waals surface area contributed by atoms with Crippen LogP contribution in [0, 0.1) is 15.9 Å². The molecule has 0 unspecified atom stereocenters. The molecule has 0 aliphatic rings. The molecule has 7 heteroatoms. The maximum atomic E-state index is 13.0. The lowest BCUT2D eigenvalue weighted by molar-refractivity contribution is -0.384. The number of nitrogens with one attached hydrogen (secondary N) is 1. The van der Waals surface area contributed by atoms with Crippen molar-refractivity contribution in [3.05, 3.63) is 82.4 Å². The van der Waals surface area contributed by atoms with E-state index in [1.165, 1.54) is 24.3 Å².